The van der Waals surface area contributed by atoms with Gasteiger partial charge < -0.3 is 9.64 Å². The van der Waals surface area contributed by atoms with Crippen LogP contribution in [0.4, 0.5) is 0 Å². The number of carbonyl (C=O) groups is 1. The molecule has 4 heterocycles. The van der Waals surface area contributed by atoms with E-state index in [0.29, 0.717) is 69.4 Å². The number of hydrogen-bond acceptors (Lipinski definition) is 6. The van der Waals surface area contributed by atoms with Gasteiger partial charge in [0.2, 0.25) is 0 Å². The van der Waals surface area contributed by atoms with Crippen LogP contribution >= 0.6 is 0 Å². The van der Waals surface area contributed by atoms with Crippen molar-refractivity contribution >= 4 is 16.1 Å². The van der Waals surface area contributed by atoms with E-state index in [-0.39, 0.29) is 5.91 Å². The first kappa shape index (κ1) is 19.7. The molecule has 0 spiro atoms. The van der Waals surface area contributed by atoms with Crippen molar-refractivity contribution < 1.29 is 17.9 Å². The Morgan fingerprint density at radius 2 is 1.82 bits per heavy atom. The van der Waals surface area contributed by atoms with Gasteiger partial charge in [0.25, 0.3) is 16.1 Å². The van der Waals surface area contributed by atoms with E-state index in [4.69, 9.17) is 4.74 Å². The van der Waals surface area contributed by atoms with Crippen LogP contribution in [-0.2, 0) is 14.9 Å². The van der Waals surface area contributed by atoms with Gasteiger partial charge in [-0.2, -0.15) is 17.0 Å². The van der Waals surface area contributed by atoms with E-state index in [2.05, 4.69) is 9.97 Å². The first-order valence-electron chi connectivity index (χ1n) is 9.96. The third-order valence-corrected chi connectivity index (χ3v) is 7.72. The van der Waals surface area contributed by atoms with Gasteiger partial charge in [0.1, 0.15) is 5.82 Å². The predicted molar refractivity (Wildman–Crippen MR) is 102 cm³/mol. The average molecular weight is 410 g/mol. The molecule has 1 aromatic heterocycles. The maximum absolute atomic E-state index is 13.2. The average Bonchev–Trinajstić information content (AvgIpc) is 3.40. The largest absolute Gasteiger partial charge is 0.378 e. The van der Waals surface area contributed by atoms with Crippen molar-refractivity contribution in [1.29, 1.82) is 0 Å². The molecule has 3 saturated heterocycles. The Labute approximate surface area is 165 Å². The fourth-order valence-electron chi connectivity index (χ4n) is 4.20. The molecule has 0 aromatic carbocycles. The zero-order valence-electron chi connectivity index (χ0n) is 16.2. The van der Waals surface area contributed by atoms with Crippen LogP contribution in [0.25, 0.3) is 0 Å². The lowest BCUT2D eigenvalue weighted by atomic mass is 10.1. The molecular formula is C18H27N5O4S. The van der Waals surface area contributed by atoms with Gasteiger partial charge in [0, 0.05) is 38.9 Å². The summed E-state index contributed by atoms with van der Waals surface area (Å²) >= 11 is 0. The molecular weight excluding hydrogens is 382 g/mol. The van der Waals surface area contributed by atoms with Gasteiger partial charge in [-0.3, -0.25) is 4.79 Å². The minimum Gasteiger partial charge on any atom is -0.378 e. The van der Waals surface area contributed by atoms with Gasteiger partial charge >= 0.3 is 0 Å². The van der Waals surface area contributed by atoms with Gasteiger partial charge in [-0.25, -0.2) is 9.97 Å². The van der Waals surface area contributed by atoms with Crippen LogP contribution in [0, 0.1) is 6.92 Å². The van der Waals surface area contributed by atoms with Gasteiger partial charge in [0.15, 0.2) is 0 Å². The second-order valence-electron chi connectivity index (χ2n) is 7.50. The molecule has 3 aliphatic heterocycles. The maximum atomic E-state index is 13.2. The number of morpholine rings is 1. The summed E-state index contributed by atoms with van der Waals surface area (Å²) in [6.45, 7) is 5.40. The van der Waals surface area contributed by atoms with Crippen molar-refractivity contribution in [1.82, 2.24) is 23.5 Å². The number of aryl methyl sites for hydroxylation is 1. The maximum Gasteiger partial charge on any atom is 0.282 e. The van der Waals surface area contributed by atoms with Crippen LogP contribution in [0.5, 0.6) is 0 Å². The van der Waals surface area contributed by atoms with E-state index >= 15 is 0 Å². The third kappa shape index (κ3) is 3.66. The summed E-state index contributed by atoms with van der Waals surface area (Å²) in [5.74, 6) is 0.391. The Hall–Kier alpha value is -1.62. The minimum atomic E-state index is -3.55. The van der Waals surface area contributed by atoms with Crippen molar-refractivity contribution in [2.45, 2.75) is 38.6 Å². The van der Waals surface area contributed by atoms with Crippen molar-refractivity contribution in [3.05, 3.63) is 23.3 Å². The summed E-state index contributed by atoms with van der Waals surface area (Å²) < 4.78 is 34.8. The molecule has 1 unspecified atom stereocenters. The normalized spacial score (nSPS) is 24.8. The quantitative estimate of drug-likeness (QED) is 0.728. The fraction of sp³-hybridized carbons (Fsp3) is 0.722. The molecule has 4 rings (SSSR count). The Morgan fingerprint density at radius 1 is 1.11 bits per heavy atom. The second-order valence-corrected chi connectivity index (χ2v) is 9.38. The van der Waals surface area contributed by atoms with E-state index in [1.807, 2.05) is 0 Å². The lowest BCUT2D eigenvalue weighted by Gasteiger charge is -2.31. The van der Waals surface area contributed by atoms with Crippen molar-refractivity contribution in [2.75, 3.05) is 45.9 Å². The zero-order valence-corrected chi connectivity index (χ0v) is 17.0. The van der Waals surface area contributed by atoms with Gasteiger partial charge in [-0.05, 0) is 32.6 Å². The van der Waals surface area contributed by atoms with Crippen molar-refractivity contribution in [2.24, 2.45) is 0 Å². The summed E-state index contributed by atoms with van der Waals surface area (Å²) in [5.41, 5.74) is 0.935. The number of amides is 1. The molecule has 0 saturated carbocycles. The standard InChI is InChI=1S/C18H27N5O4S/c1-14-19-13-15(18(24)21-9-11-27-12-10-21)17(20-14)16-5-4-8-23(16)28(25,26)22-6-2-3-7-22/h13,16H,2-12H2,1H3. The smallest absolute Gasteiger partial charge is 0.282 e. The van der Waals surface area contributed by atoms with Crippen molar-refractivity contribution in [3.63, 3.8) is 0 Å². The van der Waals surface area contributed by atoms with Crippen LogP contribution in [0.1, 0.15) is 53.6 Å². The topological polar surface area (TPSA) is 95.9 Å². The molecule has 0 N–H and O–H groups in total. The lowest BCUT2D eigenvalue weighted by Crippen LogP contribution is -2.44. The molecule has 1 amide bonds. The summed E-state index contributed by atoms with van der Waals surface area (Å²) in [4.78, 5) is 23.6. The molecule has 0 aliphatic carbocycles. The summed E-state index contributed by atoms with van der Waals surface area (Å²) in [6, 6.07) is -0.424. The number of carbonyl (C=O) groups excluding carboxylic acids is 1. The monoisotopic (exact) mass is 409 g/mol. The van der Waals surface area contributed by atoms with Crippen LogP contribution in [-0.4, -0.2) is 83.7 Å². The SMILES string of the molecule is Cc1ncc(C(=O)N2CCOCC2)c(C2CCCN2S(=O)(=O)N2CCCC2)n1. The van der Waals surface area contributed by atoms with Gasteiger partial charge in [-0.15, -0.1) is 0 Å². The molecule has 1 atom stereocenters. The number of ether oxygens (including phenoxy) is 1. The van der Waals surface area contributed by atoms with Gasteiger partial charge in [0.05, 0.1) is 30.5 Å². The van der Waals surface area contributed by atoms with E-state index in [1.54, 1.807) is 22.3 Å². The van der Waals surface area contributed by atoms with E-state index in [9.17, 15) is 13.2 Å². The molecule has 0 bridgehead atoms. The highest BCUT2D eigenvalue weighted by atomic mass is 32.2. The van der Waals surface area contributed by atoms with E-state index < -0.39 is 16.3 Å². The first-order valence-corrected chi connectivity index (χ1v) is 11.4. The van der Waals surface area contributed by atoms with E-state index in [1.165, 1.54) is 4.31 Å². The highest BCUT2D eigenvalue weighted by Crippen LogP contribution is 2.37. The Bertz CT molecular complexity index is 834. The molecule has 3 aliphatic rings. The summed E-state index contributed by atoms with van der Waals surface area (Å²) in [5, 5.41) is 0. The highest BCUT2D eigenvalue weighted by Gasteiger charge is 2.42. The van der Waals surface area contributed by atoms with Crippen LogP contribution in [0.3, 0.4) is 0 Å². The molecule has 10 heteroatoms. The lowest BCUT2D eigenvalue weighted by molar-refractivity contribution is 0.0300. The zero-order chi connectivity index (χ0) is 19.7. The van der Waals surface area contributed by atoms with Crippen LogP contribution < -0.4 is 0 Å². The minimum absolute atomic E-state index is 0.149. The molecule has 154 valence electrons. The first-order chi connectivity index (χ1) is 13.5. The molecule has 9 nitrogen and oxygen atoms in total. The molecule has 3 fully saturated rings. The van der Waals surface area contributed by atoms with E-state index in [0.717, 1.165) is 19.3 Å². The third-order valence-electron chi connectivity index (χ3n) is 5.67. The fourth-order valence-corrected chi connectivity index (χ4v) is 6.10. The number of rotatable bonds is 4. The Morgan fingerprint density at radius 3 is 2.54 bits per heavy atom. The second kappa shape index (κ2) is 8.02. The van der Waals surface area contributed by atoms with Crippen molar-refractivity contribution in [3.8, 4) is 0 Å². The highest BCUT2D eigenvalue weighted by molar-refractivity contribution is 7.86. The molecule has 0 radical (unpaired) electrons. The Balaban J connectivity index is 1.67. The summed E-state index contributed by atoms with van der Waals surface area (Å²) in [7, 11) is -3.55. The molecule has 1 aromatic rings. The van der Waals surface area contributed by atoms with Crippen LogP contribution in [0.15, 0.2) is 6.20 Å². The number of hydrogen-bond donors (Lipinski definition) is 0. The summed E-state index contributed by atoms with van der Waals surface area (Å²) in [6.07, 6.45) is 4.75. The Kier molecular flexibility index (Phi) is 5.64. The predicted octanol–water partition coefficient (Wildman–Crippen LogP) is 0.735. The number of aromatic nitrogens is 2. The number of nitrogens with zero attached hydrogens (tertiary/aromatic N) is 5. The van der Waals surface area contributed by atoms with Gasteiger partial charge in [-0.1, -0.05) is 0 Å². The van der Waals surface area contributed by atoms with Crippen LogP contribution in [0.2, 0.25) is 0 Å². The molecule has 28 heavy (non-hydrogen) atoms.